The van der Waals surface area contributed by atoms with Gasteiger partial charge in [-0.25, -0.2) is 0 Å². The van der Waals surface area contributed by atoms with Gasteiger partial charge >= 0.3 is 0 Å². The summed E-state index contributed by atoms with van der Waals surface area (Å²) in [5, 5.41) is 2.81. The van der Waals surface area contributed by atoms with Gasteiger partial charge < -0.3 is 20.5 Å². The summed E-state index contributed by atoms with van der Waals surface area (Å²) >= 11 is 0. The molecule has 3 N–H and O–H groups in total. The fraction of sp³-hybridized carbons (Fsp3) is 0.500. The Hall–Kier alpha value is -1.75. The largest absolute Gasteiger partial charge is 0.497 e. The Bertz CT molecular complexity index is 392. The molecular formula is C14H22N2O3. The van der Waals surface area contributed by atoms with E-state index in [0.717, 1.165) is 5.75 Å². The molecule has 5 heteroatoms. The maximum Gasteiger partial charge on any atom is 0.260 e. The van der Waals surface area contributed by atoms with E-state index in [1.807, 2.05) is 6.92 Å². The fourth-order valence-electron chi connectivity index (χ4n) is 1.41. The highest BCUT2D eigenvalue weighted by molar-refractivity contribution is 5.80. The summed E-state index contributed by atoms with van der Waals surface area (Å²) in [6, 6.07) is 7.11. The first-order valence-corrected chi connectivity index (χ1v) is 6.35. The van der Waals surface area contributed by atoms with E-state index >= 15 is 0 Å². The van der Waals surface area contributed by atoms with E-state index in [4.69, 9.17) is 15.2 Å². The van der Waals surface area contributed by atoms with Crippen LogP contribution < -0.4 is 20.5 Å². The number of benzene rings is 1. The first-order chi connectivity index (χ1) is 9.06. The SMILES string of the molecule is COc1ccc(OC(C)C(=O)NCC(C)CN)cc1. The fourth-order valence-corrected chi connectivity index (χ4v) is 1.41. The van der Waals surface area contributed by atoms with Crippen LogP contribution in [0.15, 0.2) is 24.3 Å². The van der Waals surface area contributed by atoms with Crippen molar-refractivity contribution in [2.75, 3.05) is 20.2 Å². The summed E-state index contributed by atoms with van der Waals surface area (Å²) in [7, 11) is 1.60. The lowest BCUT2D eigenvalue weighted by Crippen LogP contribution is -2.39. The van der Waals surface area contributed by atoms with E-state index in [2.05, 4.69) is 5.32 Å². The molecule has 106 valence electrons. The van der Waals surface area contributed by atoms with Crippen molar-refractivity contribution in [3.05, 3.63) is 24.3 Å². The van der Waals surface area contributed by atoms with Crippen molar-refractivity contribution in [3.63, 3.8) is 0 Å². The van der Waals surface area contributed by atoms with Crippen molar-refractivity contribution in [1.29, 1.82) is 0 Å². The minimum Gasteiger partial charge on any atom is -0.497 e. The second-order valence-electron chi connectivity index (χ2n) is 4.52. The molecule has 1 aromatic carbocycles. The van der Waals surface area contributed by atoms with Crippen molar-refractivity contribution >= 4 is 5.91 Å². The number of rotatable bonds is 7. The normalized spacial score (nSPS) is 13.5. The summed E-state index contributed by atoms with van der Waals surface area (Å²) in [6.45, 7) is 4.81. The second kappa shape index (κ2) is 7.63. The van der Waals surface area contributed by atoms with Gasteiger partial charge in [0.2, 0.25) is 0 Å². The maximum absolute atomic E-state index is 11.8. The van der Waals surface area contributed by atoms with E-state index in [1.54, 1.807) is 38.3 Å². The summed E-state index contributed by atoms with van der Waals surface area (Å²) in [5.41, 5.74) is 5.49. The molecule has 0 bridgehead atoms. The molecule has 0 aliphatic heterocycles. The second-order valence-corrected chi connectivity index (χ2v) is 4.52. The van der Waals surface area contributed by atoms with Gasteiger partial charge in [0.1, 0.15) is 11.5 Å². The molecule has 5 nitrogen and oxygen atoms in total. The highest BCUT2D eigenvalue weighted by atomic mass is 16.5. The van der Waals surface area contributed by atoms with Gasteiger partial charge in [0.25, 0.3) is 5.91 Å². The molecule has 1 rings (SSSR count). The highest BCUT2D eigenvalue weighted by Gasteiger charge is 2.14. The third-order valence-electron chi connectivity index (χ3n) is 2.77. The number of methoxy groups -OCH3 is 1. The average molecular weight is 266 g/mol. The van der Waals surface area contributed by atoms with E-state index in [9.17, 15) is 4.79 Å². The van der Waals surface area contributed by atoms with Gasteiger partial charge in [-0.15, -0.1) is 0 Å². The van der Waals surface area contributed by atoms with Gasteiger partial charge in [0, 0.05) is 6.54 Å². The van der Waals surface area contributed by atoms with Crippen LogP contribution in [0.1, 0.15) is 13.8 Å². The summed E-state index contributed by atoms with van der Waals surface area (Å²) < 4.78 is 10.6. The number of nitrogens with one attached hydrogen (secondary N) is 1. The van der Waals surface area contributed by atoms with E-state index in [0.29, 0.717) is 18.8 Å². The van der Waals surface area contributed by atoms with Crippen LogP contribution in [-0.4, -0.2) is 32.2 Å². The van der Waals surface area contributed by atoms with Gasteiger partial charge in [0.05, 0.1) is 7.11 Å². The molecule has 0 aliphatic rings. The molecule has 2 atom stereocenters. The van der Waals surface area contributed by atoms with Crippen LogP contribution in [0.4, 0.5) is 0 Å². The Morgan fingerprint density at radius 2 is 1.84 bits per heavy atom. The Balaban J connectivity index is 2.44. The summed E-state index contributed by atoms with van der Waals surface area (Å²) in [5.74, 6) is 1.50. The smallest absolute Gasteiger partial charge is 0.260 e. The summed E-state index contributed by atoms with van der Waals surface area (Å²) in [4.78, 5) is 11.8. The van der Waals surface area contributed by atoms with Crippen LogP contribution >= 0.6 is 0 Å². The lowest BCUT2D eigenvalue weighted by molar-refractivity contribution is -0.127. The molecule has 2 unspecified atom stereocenters. The number of hydrogen-bond donors (Lipinski definition) is 2. The average Bonchev–Trinajstić information content (AvgIpc) is 2.44. The van der Waals surface area contributed by atoms with Crippen LogP contribution in [0.2, 0.25) is 0 Å². The minimum atomic E-state index is -0.543. The van der Waals surface area contributed by atoms with Crippen LogP contribution in [0.3, 0.4) is 0 Å². The van der Waals surface area contributed by atoms with Crippen molar-refractivity contribution in [1.82, 2.24) is 5.32 Å². The van der Waals surface area contributed by atoms with Crippen LogP contribution in [0.5, 0.6) is 11.5 Å². The first kappa shape index (κ1) is 15.3. The molecule has 1 amide bonds. The Morgan fingerprint density at radius 3 is 2.37 bits per heavy atom. The van der Waals surface area contributed by atoms with Crippen molar-refractivity contribution < 1.29 is 14.3 Å². The van der Waals surface area contributed by atoms with Gasteiger partial charge in [0.15, 0.2) is 6.10 Å². The van der Waals surface area contributed by atoms with Crippen molar-refractivity contribution in [3.8, 4) is 11.5 Å². The molecule has 0 saturated heterocycles. The van der Waals surface area contributed by atoms with E-state index in [-0.39, 0.29) is 11.8 Å². The third kappa shape index (κ3) is 5.18. The standard InChI is InChI=1S/C14H22N2O3/c1-10(8-15)9-16-14(17)11(2)19-13-6-4-12(18-3)5-7-13/h4-7,10-11H,8-9,15H2,1-3H3,(H,16,17). The Morgan fingerprint density at radius 1 is 1.26 bits per heavy atom. The predicted molar refractivity (Wildman–Crippen MR) is 74.3 cm³/mol. The van der Waals surface area contributed by atoms with Gasteiger partial charge in [-0.05, 0) is 43.7 Å². The minimum absolute atomic E-state index is 0.142. The number of carbonyl (C=O) groups is 1. The zero-order valence-electron chi connectivity index (χ0n) is 11.7. The number of carbonyl (C=O) groups excluding carboxylic acids is 1. The zero-order valence-corrected chi connectivity index (χ0v) is 11.7. The molecule has 0 spiro atoms. The van der Waals surface area contributed by atoms with Crippen LogP contribution in [0, 0.1) is 5.92 Å². The Kier molecular flexibility index (Phi) is 6.15. The number of nitrogens with two attached hydrogens (primary N) is 1. The highest BCUT2D eigenvalue weighted by Crippen LogP contribution is 2.18. The Labute approximate surface area is 114 Å². The molecule has 0 heterocycles. The molecule has 0 saturated carbocycles. The number of amides is 1. The zero-order chi connectivity index (χ0) is 14.3. The lowest BCUT2D eigenvalue weighted by atomic mass is 10.2. The first-order valence-electron chi connectivity index (χ1n) is 6.35. The van der Waals surface area contributed by atoms with Crippen LogP contribution in [-0.2, 0) is 4.79 Å². The van der Waals surface area contributed by atoms with Crippen molar-refractivity contribution in [2.24, 2.45) is 11.7 Å². The van der Waals surface area contributed by atoms with Crippen LogP contribution in [0.25, 0.3) is 0 Å². The van der Waals surface area contributed by atoms with E-state index in [1.165, 1.54) is 0 Å². The van der Waals surface area contributed by atoms with Gasteiger partial charge in [-0.2, -0.15) is 0 Å². The molecule has 0 radical (unpaired) electrons. The monoisotopic (exact) mass is 266 g/mol. The topological polar surface area (TPSA) is 73.6 Å². The van der Waals surface area contributed by atoms with E-state index < -0.39 is 6.10 Å². The molecule has 19 heavy (non-hydrogen) atoms. The quantitative estimate of drug-likeness (QED) is 0.777. The lowest BCUT2D eigenvalue weighted by Gasteiger charge is -2.16. The van der Waals surface area contributed by atoms with Crippen molar-refractivity contribution in [2.45, 2.75) is 20.0 Å². The molecule has 1 aromatic rings. The third-order valence-corrected chi connectivity index (χ3v) is 2.77. The summed E-state index contributed by atoms with van der Waals surface area (Å²) in [6.07, 6.45) is -0.543. The number of hydrogen-bond acceptors (Lipinski definition) is 4. The van der Waals surface area contributed by atoms with Gasteiger partial charge in [-0.3, -0.25) is 4.79 Å². The molecular weight excluding hydrogens is 244 g/mol. The maximum atomic E-state index is 11.8. The predicted octanol–water partition coefficient (Wildman–Crippen LogP) is 1.17. The molecule has 0 aromatic heterocycles. The molecule has 0 fully saturated rings. The number of ether oxygens (including phenoxy) is 2. The molecule has 0 aliphatic carbocycles. The van der Waals surface area contributed by atoms with Gasteiger partial charge in [-0.1, -0.05) is 6.92 Å².